The molecule has 2 aromatic carbocycles. The van der Waals surface area contributed by atoms with Crippen LogP contribution in [-0.4, -0.2) is 196 Å². The maximum atomic E-state index is 14.4. The van der Waals surface area contributed by atoms with Crippen LogP contribution in [0.1, 0.15) is 74.9 Å². The van der Waals surface area contributed by atoms with Gasteiger partial charge in [-0.3, -0.25) is 19.5 Å². The minimum Gasteiger partial charge on any atom is -0.507 e. The Morgan fingerprint density at radius 1 is 0.951 bits per heavy atom. The number of likely N-dealkylation sites (tertiary alicyclic amines) is 1. The number of β-amino-alcohol motifs (C(OH)–C–C–N with tert-alkyl or cyclic N) is 1. The lowest BCUT2D eigenvalue weighted by atomic mass is 9.90. The van der Waals surface area contributed by atoms with Crippen molar-refractivity contribution in [3.05, 3.63) is 107 Å². The summed E-state index contributed by atoms with van der Waals surface area (Å²) in [6, 6.07) is 18.4. The number of nitrogens with one attached hydrogen (secondary N) is 2. The molecule has 9 heterocycles. The lowest BCUT2D eigenvalue weighted by Crippen LogP contribution is -2.53. The van der Waals surface area contributed by atoms with E-state index in [2.05, 4.69) is 74.9 Å². The fourth-order valence-electron chi connectivity index (χ4n) is 12.7. The Morgan fingerprint density at radius 3 is 2.41 bits per heavy atom. The van der Waals surface area contributed by atoms with E-state index in [9.17, 15) is 20.1 Å². The Hall–Kier alpha value is -6.21. The molecule has 1 amide bonds. The van der Waals surface area contributed by atoms with Gasteiger partial charge in [0.25, 0.3) is 5.88 Å². The molecule has 6 aliphatic heterocycles. The Bertz CT molecular complexity index is 2950. The number of nitrogen functional groups attached to an aromatic ring is 1. The number of benzene rings is 2. The molecule has 7 N–H and O–H groups in total. The van der Waals surface area contributed by atoms with Crippen molar-refractivity contribution in [3.63, 3.8) is 0 Å². The van der Waals surface area contributed by atoms with Crippen LogP contribution in [0.4, 0.5) is 11.5 Å². The Kier molecular flexibility index (Phi) is 18.7. The molecule has 0 spiro atoms. The molecule has 8 atom stereocenters. The van der Waals surface area contributed by atoms with Gasteiger partial charge in [-0.2, -0.15) is 0 Å². The molecule has 5 unspecified atom stereocenters. The van der Waals surface area contributed by atoms with Crippen molar-refractivity contribution in [1.29, 1.82) is 0 Å². The molecule has 5 aromatic rings. The number of phenolic OH excluding ortho intramolecular Hbond substituents is 1. The minimum atomic E-state index is -1.15. The number of aryl methyl sites for hydroxylation is 1. The normalized spacial score (nSPS) is 23.9. The number of thiazole rings is 1. The van der Waals surface area contributed by atoms with Gasteiger partial charge in [0.1, 0.15) is 30.6 Å². The van der Waals surface area contributed by atoms with Crippen LogP contribution in [0, 0.1) is 18.8 Å². The average molecular weight is 1150 g/mol. The summed E-state index contributed by atoms with van der Waals surface area (Å²) in [5.41, 5.74) is 14.4. The minimum absolute atomic E-state index is 0.107. The zero-order valence-electron chi connectivity index (χ0n) is 47.3. The van der Waals surface area contributed by atoms with E-state index in [1.807, 2.05) is 62.8 Å². The average Bonchev–Trinajstić information content (AvgIpc) is 4.41. The fraction of sp³-hybridized carbons (Fsp3) is 0.550. The number of carbonyl (C=O) groups excluding carboxylic acids is 1. The summed E-state index contributed by atoms with van der Waals surface area (Å²) < 4.78 is 30.3. The third kappa shape index (κ3) is 13.6. The second-order valence-corrected chi connectivity index (χ2v) is 23.9. The molecule has 440 valence electrons. The van der Waals surface area contributed by atoms with Crippen molar-refractivity contribution >= 4 is 28.7 Å². The largest absolute Gasteiger partial charge is 0.507 e. The van der Waals surface area contributed by atoms with Crippen molar-refractivity contribution in [2.75, 3.05) is 109 Å². The molecule has 2 bridgehead atoms. The van der Waals surface area contributed by atoms with Gasteiger partial charge in [-0.05, 0) is 97.5 Å². The SMILES string of the molecule is Cc1ncsc1-c1ccc([C@H](COCC2CCOCC2)NC(=O)[C@@H]2C[C@@H](O)CN2C(O)C(c2cc(OCCN3CCN(CCOC4C=C(N5C6CCC5CN(c5cc(-c7ccccc7O)nnc5N)C6)C=CN4)CC3)no2)C(C)C)cc1. The van der Waals surface area contributed by atoms with E-state index >= 15 is 0 Å². The second kappa shape index (κ2) is 26.6. The number of carbonyl (C=O) groups is 1. The maximum Gasteiger partial charge on any atom is 0.254 e. The van der Waals surface area contributed by atoms with E-state index in [4.69, 9.17) is 29.2 Å². The van der Waals surface area contributed by atoms with Gasteiger partial charge in [0.15, 0.2) is 5.82 Å². The van der Waals surface area contributed by atoms with Gasteiger partial charge >= 0.3 is 0 Å². The van der Waals surface area contributed by atoms with E-state index < -0.39 is 30.3 Å². The summed E-state index contributed by atoms with van der Waals surface area (Å²) in [6.07, 6.45) is 8.37. The monoisotopic (exact) mass is 1140 g/mol. The zero-order chi connectivity index (χ0) is 56.7. The number of anilines is 2. The van der Waals surface area contributed by atoms with E-state index in [0.717, 1.165) is 119 Å². The van der Waals surface area contributed by atoms with E-state index in [1.54, 1.807) is 34.4 Å². The summed E-state index contributed by atoms with van der Waals surface area (Å²) in [5.74, 6) is 0.780. The van der Waals surface area contributed by atoms with Crippen LogP contribution >= 0.6 is 11.3 Å². The van der Waals surface area contributed by atoms with Crippen molar-refractivity contribution in [1.82, 2.24) is 50.6 Å². The van der Waals surface area contributed by atoms with E-state index in [1.165, 1.54) is 5.70 Å². The second-order valence-electron chi connectivity index (χ2n) is 23.0. The number of fused-ring (bicyclic) bond motifs is 2. The molecule has 3 aromatic heterocycles. The van der Waals surface area contributed by atoms with Crippen LogP contribution in [-0.2, 0) is 19.0 Å². The first-order valence-corrected chi connectivity index (χ1v) is 30.1. The first-order chi connectivity index (χ1) is 39.9. The number of allylic oxidation sites excluding steroid dienone is 1. The third-order valence-electron chi connectivity index (χ3n) is 17.2. The Morgan fingerprint density at radius 2 is 1.70 bits per heavy atom. The number of aliphatic hydroxyl groups excluding tert-OH is 2. The van der Waals surface area contributed by atoms with Crippen LogP contribution in [0.5, 0.6) is 11.6 Å². The zero-order valence-corrected chi connectivity index (χ0v) is 48.1. The molecule has 11 rings (SSSR count). The van der Waals surface area contributed by atoms with Gasteiger partial charge in [-0.15, -0.1) is 21.5 Å². The highest BCUT2D eigenvalue weighted by Gasteiger charge is 2.45. The lowest BCUT2D eigenvalue weighted by molar-refractivity contribution is -0.132. The standard InChI is InChI=1S/C60H80N12O9S/c1-38(2)56(60(76)71-34-46(73)29-51(71)59(75)64-49(36-78-35-40-15-24-77-25-16-40)41-8-10-42(11-9-41)57-39(3)63-37-82-57)53-31-55(67-81-53)80-27-23-69-20-18-68(19-21-69)22-26-79-54-28-43(14-17-62-54)72-44-12-13-45(72)33-70(32-44)50-30-48(65-66-58(50)61)47-6-4-5-7-52(47)74/h4-11,14,17,28,30-31,37-38,40,44-46,49,51,54,56,60,62,73-74,76H,12-13,15-16,18-27,29,32-36H2,1-3H3,(H2,61,66)(H,64,75)/t44?,45?,46-,49+,51+,54?,56?,60?/m1/s1. The number of amides is 1. The number of hydrogen-bond acceptors (Lipinski definition) is 21. The molecule has 0 radical (unpaired) electrons. The summed E-state index contributed by atoms with van der Waals surface area (Å²) >= 11 is 1.59. The number of piperazine rings is 2. The first kappa shape index (κ1) is 57.6. The van der Waals surface area contributed by atoms with Gasteiger partial charge in [0.2, 0.25) is 5.91 Å². The highest BCUT2D eigenvalue weighted by molar-refractivity contribution is 7.13. The van der Waals surface area contributed by atoms with Crippen LogP contribution < -0.4 is 26.0 Å². The summed E-state index contributed by atoms with van der Waals surface area (Å²) in [6.45, 7) is 16.2. The number of nitrogens with two attached hydrogens (primary N) is 1. The van der Waals surface area contributed by atoms with Crippen LogP contribution in [0.25, 0.3) is 21.7 Å². The quantitative estimate of drug-likeness (QED) is 0.0483. The van der Waals surface area contributed by atoms with Crippen LogP contribution in [0.15, 0.2) is 94.7 Å². The number of ether oxygens (including phenoxy) is 4. The Labute approximate surface area is 484 Å². The molecule has 0 aliphatic carbocycles. The van der Waals surface area contributed by atoms with Gasteiger partial charge in [0.05, 0.1) is 64.8 Å². The molecule has 22 heteroatoms. The number of phenols is 1. The number of aliphatic hydroxyl groups is 2. The first-order valence-electron chi connectivity index (χ1n) is 29.3. The topological polar surface area (TPSA) is 246 Å². The molecule has 82 heavy (non-hydrogen) atoms. The van der Waals surface area contributed by atoms with Crippen LogP contribution in [0.2, 0.25) is 0 Å². The predicted molar refractivity (Wildman–Crippen MR) is 312 cm³/mol. The lowest BCUT2D eigenvalue weighted by Gasteiger charge is -2.44. The number of aromatic nitrogens is 4. The smallest absolute Gasteiger partial charge is 0.254 e. The van der Waals surface area contributed by atoms with Gasteiger partial charge < -0.3 is 65.0 Å². The van der Waals surface area contributed by atoms with Crippen molar-refractivity contribution < 1.29 is 43.6 Å². The Balaban J connectivity index is 0.625. The molecule has 5 fully saturated rings. The van der Waals surface area contributed by atoms with Crippen molar-refractivity contribution in [2.45, 2.75) is 102 Å². The number of para-hydroxylation sites is 1. The van der Waals surface area contributed by atoms with Gasteiger partial charge in [-0.1, -0.05) is 50.2 Å². The molecular formula is C60H80N12O9S. The maximum absolute atomic E-state index is 14.4. The van der Waals surface area contributed by atoms with Crippen LogP contribution in [0.3, 0.4) is 0 Å². The third-order valence-corrected chi connectivity index (χ3v) is 18.2. The number of aromatic hydroxyl groups is 1. The predicted octanol–water partition coefficient (Wildman–Crippen LogP) is 5.34. The summed E-state index contributed by atoms with van der Waals surface area (Å²) in [7, 11) is 0. The van der Waals surface area contributed by atoms with Gasteiger partial charge in [-0.25, -0.2) is 4.98 Å². The number of rotatable bonds is 23. The fourth-order valence-corrected chi connectivity index (χ4v) is 13.5. The van der Waals surface area contributed by atoms with E-state index in [-0.39, 0.29) is 43.4 Å². The number of hydrogen-bond donors (Lipinski definition) is 6. The van der Waals surface area contributed by atoms with E-state index in [0.29, 0.717) is 66.5 Å². The molecular weight excluding hydrogens is 1060 g/mol. The number of nitrogens with zero attached hydrogens (tertiary/aromatic N) is 9. The summed E-state index contributed by atoms with van der Waals surface area (Å²) in [5, 5.41) is 53.1. The number of dihydropyridines is 1. The molecule has 6 aliphatic rings. The molecule has 0 saturated carbocycles. The molecule has 21 nitrogen and oxygen atoms in total. The van der Waals surface area contributed by atoms with Gasteiger partial charge in [0, 0.05) is 114 Å². The molecule has 5 saturated heterocycles. The highest BCUT2D eigenvalue weighted by atomic mass is 32.1. The van der Waals surface area contributed by atoms with Crippen molar-refractivity contribution in [3.8, 4) is 33.3 Å². The summed E-state index contributed by atoms with van der Waals surface area (Å²) in [4.78, 5) is 31.3. The van der Waals surface area contributed by atoms with Crippen molar-refractivity contribution in [2.24, 2.45) is 11.8 Å². The highest BCUT2D eigenvalue weighted by Crippen LogP contribution is 2.40.